The number of hydrogen-bond acceptors (Lipinski definition) is 5. The predicted octanol–water partition coefficient (Wildman–Crippen LogP) is 4.51. The summed E-state index contributed by atoms with van der Waals surface area (Å²) >= 11 is 1.18. The molecule has 7 nitrogen and oxygen atoms in total. The zero-order valence-corrected chi connectivity index (χ0v) is 19.3. The van der Waals surface area contributed by atoms with Crippen LogP contribution < -0.4 is 10.6 Å². The summed E-state index contributed by atoms with van der Waals surface area (Å²) in [5.74, 6) is -0.876. The van der Waals surface area contributed by atoms with E-state index in [4.69, 9.17) is 0 Å². The molecule has 3 amide bonds. The molecule has 0 radical (unpaired) electrons. The van der Waals surface area contributed by atoms with Crippen molar-refractivity contribution in [3.8, 4) is 0 Å². The lowest BCUT2D eigenvalue weighted by atomic mass is 9.80. The molecule has 0 spiro atoms. The van der Waals surface area contributed by atoms with Gasteiger partial charge in [0.2, 0.25) is 0 Å². The molecular formula is C23H22F3N5O2S. The monoisotopic (exact) mass is 489 g/mol. The Morgan fingerprint density at radius 1 is 1.21 bits per heavy atom. The standard InChI is InChI=1S/C23H22F3N5O2S/c1-13-3-5-15(10-17(13)24)23(21-28-12-29-34-21)7-8-31(11-23)22(33)30-18-9-14(19(25)26)4-6-16(18)20(32)27-2/h3-6,9-10,12,19H,7-8,11H2,1-2H3,(H,27,32)(H,30,33). The number of urea groups is 1. The van der Waals surface area contributed by atoms with E-state index >= 15 is 0 Å². The number of halogens is 3. The van der Waals surface area contributed by atoms with Crippen LogP contribution in [0.2, 0.25) is 0 Å². The minimum absolute atomic E-state index is 0.0167. The van der Waals surface area contributed by atoms with Crippen molar-refractivity contribution >= 4 is 29.2 Å². The third-order valence-corrected chi connectivity index (χ3v) is 6.93. The highest BCUT2D eigenvalue weighted by molar-refractivity contribution is 7.05. The number of aryl methyl sites for hydroxylation is 1. The largest absolute Gasteiger partial charge is 0.355 e. The van der Waals surface area contributed by atoms with Crippen LogP contribution >= 0.6 is 11.5 Å². The Bertz CT molecular complexity index is 1220. The molecule has 2 aromatic carbocycles. The van der Waals surface area contributed by atoms with Crippen LogP contribution in [0.1, 0.15) is 44.9 Å². The maximum atomic E-state index is 14.4. The first-order chi connectivity index (χ1) is 16.2. The molecule has 1 fully saturated rings. The Morgan fingerprint density at radius 3 is 2.65 bits per heavy atom. The van der Waals surface area contributed by atoms with Gasteiger partial charge in [-0.3, -0.25) is 4.79 Å². The first kappa shape index (κ1) is 23.7. The molecule has 0 saturated carbocycles. The van der Waals surface area contributed by atoms with Gasteiger partial charge in [-0.25, -0.2) is 22.9 Å². The second-order valence-corrected chi connectivity index (χ2v) is 8.86. The summed E-state index contributed by atoms with van der Waals surface area (Å²) in [7, 11) is 1.41. The first-order valence-electron chi connectivity index (χ1n) is 10.5. The second kappa shape index (κ2) is 9.41. The van der Waals surface area contributed by atoms with Gasteiger partial charge in [-0.05, 0) is 54.2 Å². The van der Waals surface area contributed by atoms with Crippen molar-refractivity contribution in [2.75, 3.05) is 25.5 Å². The molecule has 1 aromatic heterocycles. The number of anilines is 1. The van der Waals surface area contributed by atoms with Gasteiger partial charge in [0.25, 0.3) is 12.3 Å². The van der Waals surface area contributed by atoms with Gasteiger partial charge in [0.1, 0.15) is 17.2 Å². The topological polar surface area (TPSA) is 87.2 Å². The smallest absolute Gasteiger partial charge is 0.321 e. The third-order valence-electron chi connectivity index (χ3n) is 6.06. The minimum atomic E-state index is -2.76. The lowest BCUT2D eigenvalue weighted by Crippen LogP contribution is -2.38. The van der Waals surface area contributed by atoms with E-state index in [0.717, 1.165) is 12.1 Å². The maximum absolute atomic E-state index is 14.4. The summed E-state index contributed by atoms with van der Waals surface area (Å²) in [4.78, 5) is 31.2. The third kappa shape index (κ3) is 4.35. The number of aromatic nitrogens is 2. The number of benzene rings is 2. The fourth-order valence-corrected chi connectivity index (χ4v) is 4.87. The number of nitrogens with one attached hydrogen (secondary N) is 2. The van der Waals surface area contributed by atoms with E-state index in [1.807, 2.05) is 6.07 Å². The maximum Gasteiger partial charge on any atom is 0.321 e. The molecule has 1 atom stereocenters. The SMILES string of the molecule is CNC(=O)c1ccc(C(F)F)cc1NC(=O)N1CCC(c2ccc(C)c(F)c2)(c2ncns2)C1. The van der Waals surface area contributed by atoms with Gasteiger partial charge in [-0.15, -0.1) is 0 Å². The van der Waals surface area contributed by atoms with Crippen LogP contribution in [-0.2, 0) is 5.41 Å². The van der Waals surface area contributed by atoms with E-state index in [0.29, 0.717) is 29.1 Å². The summed E-state index contributed by atoms with van der Waals surface area (Å²) in [5.41, 5.74) is 0.148. The lowest BCUT2D eigenvalue weighted by molar-refractivity contribution is 0.0963. The highest BCUT2D eigenvalue weighted by atomic mass is 32.1. The molecule has 1 unspecified atom stereocenters. The molecule has 34 heavy (non-hydrogen) atoms. The van der Waals surface area contributed by atoms with Gasteiger partial charge >= 0.3 is 6.03 Å². The molecule has 178 valence electrons. The first-order valence-corrected chi connectivity index (χ1v) is 11.3. The molecule has 2 N–H and O–H groups in total. The van der Waals surface area contributed by atoms with Crippen LogP contribution in [0.3, 0.4) is 0 Å². The van der Waals surface area contributed by atoms with Crippen LogP contribution in [0.4, 0.5) is 23.7 Å². The number of likely N-dealkylation sites (tertiary alicyclic amines) is 1. The van der Waals surface area contributed by atoms with Crippen molar-refractivity contribution in [3.05, 3.63) is 75.8 Å². The molecular weight excluding hydrogens is 467 g/mol. The van der Waals surface area contributed by atoms with E-state index in [1.54, 1.807) is 13.0 Å². The number of nitrogens with zero attached hydrogens (tertiary/aromatic N) is 3. The van der Waals surface area contributed by atoms with E-state index in [9.17, 15) is 22.8 Å². The Kier molecular flexibility index (Phi) is 6.56. The molecule has 0 bridgehead atoms. The van der Waals surface area contributed by atoms with Crippen LogP contribution in [0.25, 0.3) is 0 Å². The summed E-state index contributed by atoms with van der Waals surface area (Å²) in [6.07, 6.45) is -0.875. The zero-order valence-electron chi connectivity index (χ0n) is 18.4. The quantitative estimate of drug-likeness (QED) is 0.552. The molecule has 0 aliphatic carbocycles. The summed E-state index contributed by atoms with van der Waals surface area (Å²) in [6.45, 7) is 2.16. The Hall–Kier alpha value is -3.47. The van der Waals surface area contributed by atoms with E-state index in [1.165, 1.54) is 41.9 Å². The molecule has 1 aliphatic rings. The summed E-state index contributed by atoms with van der Waals surface area (Å²) in [6, 6.07) is 7.88. The Labute approximate surface area is 198 Å². The fraction of sp³-hybridized carbons (Fsp3) is 0.304. The number of alkyl halides is 2. The lowest BCUT2D eigenvalue weighted by Gasteiger charge is -2.28. The summed E-state index contributed by atoms with van der Waals surface area (Å²) < 4.78 is 45.0. The van der Waals surface area contributed by atoms with Gasteiger partial charge in [-0.2, -0.15) is 4.37 Å². The van der Waals surface area contributed by atoms with Crippen LogP contribution in [0, 0.1) is 12.7 Å². The van der Waals surface area contributed by atoms with Gasteiger partial charge in [-0.1, -0.05) is 18.2 Å². The Morgan fingerprint density at radius 2 is 2.00 bits per heavy atom. The average molecular weight is 490 g/mol. The van der Waals surface area contributed by atoms with Gasteiger partial charge in [0, 0.05) is 25.7 Å². The van der Waals surface area contributed by atoms with E-state index < -0.39 is 23.8 Å². The zero-order chi connectivity index (χ0) is 24.5. The van der Waals surface area contributed by atoms with Crippen LogP contribution in [0.15, 0.2) is 42.7 Å². The van der Waals surface area contributed by atoms with Gasteiger partial charge in [0.15, 0.2) is 0 Å². The molecule has 11 heteroatoms. The van der Waals surface area contributed by atoms with Crippen molar-refractivity contribution in [2.24, 2.45) is 0 Å². The van der Waals surface area contributed by atoms with Gasteiger partial charge < -0.3 is 15.5 Å². The van der Waals surface area contributed by atoms with Crippen molar-refractivity contribution in [2.45, 2.75) is 25.2 Å². The summed E-state index contributed by atoms with van der Waals surface area (Å²) in [5, 5.41) is 5.69. The molecule has 2 heterocycles. The van der Waals surface area contributed by atoms with E-state index in [-0.39, 0.29) is 29.2 Å². The normalized spacial score (nSPS) is 17.8. The van der Waals surface area contributed by atoms with Crippen LogP contribution in [-0.4, -0.2) is 46.3 Å². The number of hydrogen-bond donors (Lipinski definition) is 2. The Balaban J connectivity index is 1.64. The molecule has 1 saturated heterocycles. The molecule has 4 rings (SSSR count). The second-order valence-electron chi connectivity index (χ2n) is 8.08. The number of carbonyl (C=O) groups excluding carboxylic acids is 2. The van der Waals surface area contributed by atoms with Crippen molar-refractivity contribution in [3.63, 3.8) is 0 Å². The fourth-order valence-electron chi connectivity index (χ4n) is 4.12. The molecule has 1 aliphatic heterocycles. The predicted molar refractivity (Wildman–Crippen MR) is 122 cm³/mol. The van der Waals surface area contributed by atoms with Crippen molar-refractivity contribution < 1.29 is 22.8 Å². The number of amides is 3. The average Bonchev–Trinajstić information content (AvgIpc) is 3.51. The highest BCUT2D eigenvalue weighted by Crippen LogP contribution is 2.42. The number of carbonyl (C=O) groups is 2. The van der Waals surface area contributed by atoms with Gasteiger partial charge in [0.05, 0.1) is 16.7 Å². The molecule has 3 aromatic rings. The van der Waals surface area contributed by atoms with Crippen LogP contribution in [0.5, 0.6) is 0 Å². The van der Waals surface area contributed by atoms with Crippen molar-refractivity contribution in [1.82, 2.24) is 19.6 Å². The van der Waals surface area contributed by atoms with E-state index in [2.05, 4.69) is 20.0 Å². The van der Waals surface area contributed by atoms with Crippen molar-refractivity contribution in [1.29, 1.82) is 0 Å². The number of rotatable bonds is 5. The highest BCUT2D eigenvalue weighted by Gasteiger charge is 2.45. The minimum Gasteiger partial charge on any atom is -0.355 e.